The van der Waals surface area contributed by atoms with Crippen LogP contribution in [0.25, 0.3) is 0 Å². The highest BCUT2D eigenvalue weighted by Gasteiger charge is 2.20. The average molecular weight is 389 g/mol. The molecule has 0 aliphatic heterocycles. The Morgan fingerprint density at radius 2 is 1.85 bits per heavy atom. The lowest BCUT2D eigenvalue weighted by molar-refractivity contribution is -0.153. The van der Waals surface area contributed by atoms with E-state index >= 15 is 0 Å². The van der Waals surface area contributed by atoms with Gasteiger partial charge in [0.05, 0.1) is 19.2 Å². The zero-order valence-corrected chi connectivity index (χ0v) is 16.6. The summed E-state index contributed by atoms with van der Waals surface area (Å²) < 4.78 is 10.3. The molecule has 6 nitrogen and oxygen atoms in total. The van der Waals surface area contributed by atoms with Crippen LogP contribution in [0.1, 0.15) is 39.9 Å². The molecule has 0 aliphatic carbocycles. The summed E-state index contributed by atoms with van der Waals surface area (Å²) in [6.07, 6.45) is -1.00. The summed E-state index contributed by atoms with van der Waals surface area (Å²) in [6.45, 7) is 5.30. The molecule has 27 heavy (non-hydrogen) atoms. The number of ether oxygens (including phenoxy) is 2. The summed E-state index contributed by atoms with van der Waals surface area (Å²) in [5, 5.41) is 2.66. The van der Waals surface area contributed by atoms with Gasteiger partial charge in [0, 0.05) is 21.7 Å². The van der Waals surface area contributed by atoms with Crippen LogP contribution in [0.15, 0.2) is 30.3 Å². The van der Waals surface area contributed by atoms with Crippen LogP contribution in [0.4, 0.5) is 5.69 Å². The maximum absolute atomic E-state index is 12.2. The molecule has 0 saturated heterocycles. The Morgan fingerprint density at radius 3 is 2.48 bits per heavy atom. The van der Waals surface area contributed by atoms with Gasteiger partial charge < -0.3 is 14.8 Å². The number of esters is 1. The van der Waals surface area contributed by atoms with Crippen molar-refractivity contribution in [2.75, 3.05) is 12.4 Å². The minimum Gasteiger partial charge on any atom is -0.495 e. The normalized spacial score (nSPS) is 11.6. The van der Waals surface area contributed by atoms with E-state index in [1.807, 2.05) is 19.9 Å². The van der Waals surface area contributed by atoms with Crippen LogP contribution in [0.5, 0.6) is 5.75 Å². The summed E-state index contributed by atoms with van der Waals surface area (Å²) in [5.41, 5.74) is 1.14. The standard InChI is InChI=1S/C20H23NO5S/c1-12-11-15(14(3)27-12)17(22)9-10-19(23)26-13(2)20(24)21-16-7-5-6-8-18(16)25-4/h5-8,11,13H,9-10H2,1-4H3,(H,21,24)/t13-/m0/s1. The Balaban J connectivity index is 1.85. The number of anilines is 1. The Hall–Kier alpha value is -2.67. The van der Waals surface area contributed by atoms with E-state index in [4.69, 9.17) is 9.47 Å². The summed E-state index contributed by atoms with van der Waals surface area (Å²) >= 11 is 1.55. The molecule has 1 atom stereocenters. The van der Waals surface area contributed by atoms with Crippen molar-refractivity contribution >= 4 is 34.7 Å². The number of methoxy groups -OCH3 is 1. The number of carbonyl (C=O) groups excluding carboxylic acids is 3. The fourth-order valence-electron chi connectivity index (χ4n) is 2.55. The monoisotopic (exact) mass is 389 g/mol. The molecule has 144 valence electrons. The minimum absolute atomic E-state index is 0.0523. The highest BCUT2D eigenvalue weighted by Crippen LogP contribution is 2.24. The first-order valence-electron chi connectivity index (χ1n) is 8.55. The molecule has 1 amide bonds. The molecule has 0 aliphatic rings. The molecule has 2 aromatic rings. The Labute approximate surface area is 162 Å². The zero-order valence-electron chi connectivity index (χ0n) is 15.8. The van der Waals surface area contributed by atoms with Crippen LogP contribution in [-0.2, 0) is 14.3 Å². The number of para-hydroxylation sites is 2. The van der Waals surface area contributed by atoms with E-state index in [-0.39, 0.29) is 18.6 Å². The molecular formula is C20H23NO5S. The number of aryl methyl sites for hydroxylation is 2. The van der Waals surface area contributed by atoms with Gasteiger partial charge in [-0.25, -0.2) is 0 Å². The number of benzene rings is 1. The Bertz CT molecular complexity index is 843. The largest absolute Gasteiger partial charge is 0.495 e. The van der Waals surface area contributed by atoms with Crippen molar-refractivity contribution in [2.24, 2.45) is 0 Å². The Kier molecular flexibility index (Phi) is 7.12. The Morgan fingerprint density at radius 1 is 1.15 bits per heavy atom. The van der Waals surface area contributed by atoms with Crippen molar-refractivity contribution in [3.8, 4) is 5.75 Å². The van der Waals surface area contributed by atoms with Crippen LogP contribution < -0.4 is 10.1 Å². The molecule has 1 heterocycles. The van der Waals surface area contributed by atoms with Crippen LogP contribution in [0.3, 0.4) is 0 Å². The third kappa shape index (κ3) is 5.65. The van der Waals surface area contributed by atoms with Crippen molar-refractivity contribution in [3.63, 3.8) is 0 Å². The molecule has 0 radical (unpaired) electrons. The molecule has 0 unspecified atom stereocenters. The second-order valence-electron chi connectivity index (χ2n) is 6.07. The fraction of sp³-hybridized carbons (Fsp3) is 0.350. The van der Waals surface area contributed by atoms with E-state index in [9.17, 15) is 14.4 Å². The minimum atomic E-state index is -0.984. The van der Waals surface area contributed by atoms with E-state index in [2.05, 4.69) is 5.32 Å². The number of rotatable bonds is 8. The van der Waals surface area contributed by atoms with Crippen molar-refractivity contribution in [1.29, 1.82) is 0 Å². The molecule has 7 heteroatoms. The summed E-state index contributed by atoms with van der Waals surface area (Å²) in [7, 11) is 1.50. The van der Waals surface area contributed by atoms with E-state index < -0.39 is 18.0 Å². The number of thiophene rings is 1. The van der Waals surface area contributed by atoms with Gasteiger partial charge in [0.1, 0.15) is 5.75 Å². The number of hydrogen-bond donors (Lipinski definition) is 1. The number of amides is 1. The van der Waals surface area contributed by atoms with Crippen LogP contribution in [-0.4, -0.2) is 30.9 Å². The van der Waals surface area contributed by atoms with E-state index in [1.54, 1.807) is 35.6 Å². The number of hydrogen-bond acceptors (Lipinski definition) is 6. The fourth-order valence-corrected chi connectivity index (χ4v) is 3.49. The van der Waals surface area contributed by atoms with E-state index in [0.717, 1.165) is 9.75 Å². The zero-order chi connectivity index (χ0) is 20.0. The molecule has 1 aromatic heterocycles. The molecule has 1 N–H and O–H groups in total. The van der Waals surface area contributed by atoms with Gasteiger partial charge in [-0.05, 0) is 39.0 Å². The topological polar surface area (TPSA) is 81.7 Å². The molecule has 0 fully saturated rings. The van der Waals surface area contributed by atoms with Gasteiger partial charge in [0.25, 0.3) is 5.91 Å². The third-order valence-electron chi connectivity index (χ3n) is 3.94. The predicted molar refractivity (Wildman–Crippen MR) is 105 cm³/mol. The second kappa shape index (κ2) is 9.32. The molecule has 2 rings (SSSR count). The number of Topliss-reactive ketones (excluding diaryl/α,β-unsaturated/α-hetero) is 1. The van der Waals surface area contributed by atoms with E-state index in [0.29, 0.717) is 17.0 Å². The van der Waals surface area contributed by atoms with Crippen molar-refractivity contribution in [3.05, 3.63) is 45.6 Å². The summed E-state index contributed by atoms with van der Waals surface area (Å²) in [5.74, 6) is -0.643. The first-order chi connectivity index (χ1) is 12.8. The maximum Gasteiger partial charge on any atom is 0.307 e. The van der Waals surface area contributed by atoms with Crippen molar-refractivity contribution in [2.45, 2.75) is 39.7 Å². The molecule has 0 spiro atoms. The maximum atomic E-state index is 12.2. The molecule has 0 bridgehead atoms. The predicted octanol–water partition coefficient (Wildman–Crippen LogP) is 3.91. The van der Waals surface area contributed by atoms with Gasteiger partial charge in [0.15, 0.2) is 11.9 Å². The van der Waals surface area contributed by atoms with Gasteiger partial charge in [-0.3, -0.25) is 14.4 Å². The van der Waals surface area contributed by atoms with Crippen LogP contribution in [0, 0.1) is 13.8 Å². The smallest absolute Gasteiger partial charge is 0.307 e. The first kappa shape index (κ1) is 20.6. The van der Waals surface area contributed by atoms with Crippen LogP contribution >= 0.6 is 11.3 Å². The van der Waals surface area contributed by atoms with Gasteiger partial charge in [-0.2, -0.15) is 0 Å². The third-order valence-corrected chi connectivity index (χ3v) is 4.91. The van der Waals surface area contributed by atoms with Gasteiger partial charge in [-0.15, -0.1) is 11.3 Å². The van der Waals surface area contributed by atoms with Gasteiger partial charge in [0.2, 0.25) is 0 Å². The second-order valence-corrected chi connectivity index (χ2v) is 7.53. The lowest BCUT2D eigenvalue weighted by atomic mass is 10.1. The summed E-state index contributed by atoms with van der Waals surface area (Å²) in [6, 6.07) is 8.78. The number of nitrogens with one attached hydrogen (secondary N) is 1. The van der Waals surface area contributed by atoms with Crippen LogP contribution in [0.2, 0.25) is 0 Å². The van der Waals surface area contributed by atoms with Gasteiger partial charge >= 0.3 is 5.97 Å². The average Bonchev–Trinajstić information content (AvgIpc) is 2.98. The van der Waals surface area contributed by atoms with Crippen molar-refractivity contribution < 1.29 is 23.9 Å². The lowest BCUT2D eigenvalue weighted by Gasteiger charge is -2.15. The van der Waals surface area contributed by atoms with E-state index in [1.165, 1.54) is 14.0 Å². The quantitative estimate of drug-likeness (QED) is 0.547. The molecule has 1 aromatic carbocycles. The SMILES string of the molecule is COc1ccccc1NC(=O)[C@H](C)OC(=O)CCC(=O)c1cc(C)sc1C. The lowest BCUT2D eigenvalue weighted by Crippen LogP contribution is -2.30. The molecule has 0 saturated carbocycles. The highest BCUT2D eigenvalue weighted by atomic mass is 32.1. The highest BCUT2D eigenvalue weighted by molar-refractivity contribution is 7.12. The van der Waals surface area contributed by atoms with Crippen molar-refractivity contribution in [1.82, 2.24) is 0 Å². The first-order valence-corrected chi connectivity index (χ1v) is 9.37. The number of carbonyl (C=O) groups is 3. The number of ketones is 1. The summed E-state index contributed by atoms with van der Waals surface area (Å²) in [4.78, 5) is 38.4. The van der Waals surface area contributed by atoms with Gasteiger partial charge in [-0.1, -0.05) is 12.1 Å². The molecular weight excluding hydrogens is 366 g/mol.